The highest BCUT2D eigenvalue weighted by Gasteiger charge is 2.19. The molecule has 0 unspecified atom stereocenters. The third kappa shape index (κ3) is 1.62. The van der Waals surface area contributed by atoms with E-state index in [9.17, 15) is 0 Å². The molecule has 2 atom stereocenters. The summed E-state index contributed by atoms with van der Waals surface area (Å²) in [4.78, 5) is 0. The van der Waals surface area contributed by atoms with Crippen LogP contribution in [0.3, 0.4) is 0 Å². The molecule has 0 aromatic rings. The van der Waals surface area contributed by atoms with Crippen LogP contribution in [0.5, 0.6) is 0 Å². The zero-order chi connectivity index (χ0) is 7.56. The Morgan fingerprint density at radius 3 is 2.50 bits per heavy atom. The molecule has 10 heavy (non-hydrogen) atoms. The van der Waals surface area contributed by atoms with Gasteiger partial charge in [-0.1, -0.05) is 32.9 Å². The minimum atomic E-state index is 0.826. The van der Waals surface area contributed by atoms with Gasteiger partial charge in [-0.15, -0.1) is 0 Å². The van der Waals surface area contributed by atoms with Crippen molar-refractivity contribution in [2.75, 3.05) is 0 Å². The molecule has 58 valence electrons. The second-order valence-electron chi connectivity index (χ2n) is 3.80. The van der Waals surface area contributed by atoms with E-state index in [2.05, 4.69) is 32.9 Å². The van der Waals surface area contributed by atoms with E-state index in [1.165, 1.54) is 12.8 Å². The van der Waals surface area contributed by atoms with E-state index in [0.717, 1.165) is 17.8 Å². The van der Waals surface area contributed by atoms with E-state index in [0.29, 0.717) is 0 Å². The molecule has 0 heterocycles. The molecule has 0 saturated heterocycles. The molecule has 0 aliphatic heterocycles. The quantitative estimate of drug-likeness (QED) is 0.488. The lowest BCUT2D eigenvalue weighted by molar-refractivity contribution is 0.306. The normalized spacial score (nSPS) is 33.2. The topological polar surface area (TPSA) is 0 Å². The number of hydrogen-bond acceptors (Lipinski definition) is 0. The van der Waals surface area contributed by atoms with Gasteiger partial charge in [0.2, 0.25) is 0 Å². The van der Waals surface area contributed by atoms with Crippen molar-refractivity contribution in [2.45, 2.75) is 33.6 Å². The third-order valence-electron chi connectivity index (χ3n) is 2.57. The van der Waals surface area contributed by atoms with E-state index in [4.69, 9.17) is 0 Å². The van der Waals surface area contributed by atoms with Crippen LogP contribution in [0.1, 0.15) is 33.6 Å². The summed E-state index contributed by atoms with van der Waals surface area (Å²) in [5, 5.41) is 0. The van der Waals surface area contributed by atoms with Gasteiger partial charge in [0.25, 0.3) is 0 Å². The molecule has 0 aromatic carbocycles. The van der Waals surface area contributed by atoms with Gasteiger partial charge in [-0.3, -0.25) is 0 Å². The highest BCUT2D eigenvalue weighted by atomic mass is 14.2. The summed E-state index contributed by atoms with van der Waals surface area (Å²) in [7, 11) is 0. The lowest BCUT2D eigenvalue weighted by Crippen LogP contribution is -2.17. The Hall–Kier alpha value is -0.260. The predicted octanol–water partition coefficient (Wildman–Crippen LogP) is 3.24. The molecule has 0 amide bonds. The van der Waals surface area contributed by atoms with Gasteiger partial charge in [-0.25, -0.2) is 0 Å². The lowest BCUT2D eigenvalue weighted by Gasteiger charge is -2.27. The van der Waals surface area contributed by atoms with E-state index in [1.54, 1.807) is 0 Å². The van der Waals surface area contributed by atoms with Crippen LogP contribution in [0.4, 0.5) is 0 Å². The lowest BCUT2D eigenvalue weighted by atomic mass is 9.79. The van der Waals surface area contributed by atoms with Crippen LogP contribution in [0, 0.1) is 17.8 Å². The molecular formula is C10H18. The fraction of sp³-hybridized carbons (Fsp3) is 0.800. The van der Waals surface area contributed by atoms with Crippen molar-refractivity contribution in [2.24, 2.45) is 17.8 Å². The van der Waals surface area contributed by atoms with Crippen LogP contribution in [-0.2, 0) is 0 Å². The molecule has 0 nitrogen and oxygen atoms in total. The minimum absolute atomic E-state index is 0.826. The molecule has 0 N–H and O–H groups in total. The monoisotopic (exact) mass is 138 g/mol. The van der Waals surface area contributed by atoms with Gasteiger partial charge in [0.1, 0.15) is 0 Å². The van der Waals surface area contributed by atoms with Gasteiger partial charge < -0.3 is 0 Å². The van der Waals surface area contributed by atoms with Crippen LogP contribution in [-0.4, -0.2) is 0 Å². The van der Waals surface area contributed by atoms with Crippen LogP contribution < -0.4 is 0 Å². The van der Waals surface area contributed by atoms with E-state index >= 15 is 0 Å². The summed E-state index contributed by atoms with van der Waals surface area (Å²) < 4.78 is 0. The van der Waals surface area contributed by atoms with Gasteiger partial charge in [-0.2, -0.15) is 0 Å². The largest absolute Gasteiger partial charge is 0.0882 e. The van der Waals surface area contributed by atoms with Crippen LogP contribution in [0.2, 0.25) is 0 Å². The Bertz CT molecular complexity index is 122. The van der Waals surface area contributed by atoms with Crippen molar-refractivity contribution in [1.82, 2.24) is 0 Å². The van der Waals surface area contributed by atoms with Gasteiger partial charge in [0.05, 0.1) is 0 Å². The van der Waals surface area contributed by atoms with Crippen LogP contribution in [0.25, 0.3) is 0 Å². The maximum absolute atomic E-state index is 2.40. The summed E-state index contributed by atoms with van der Waals surface area (Å²) in [6, 6.07) is 0. The molecule has 0 spiro atoms. The zero-order valence-corrected chi connectivity index (χ0v) is 7.30. The van der Waals surface area contributed by atoms with Crippen molar-refractivity contribution >= 4 is 0 Å². The van der Waals surface area contributed by atoms with E-state index < -0.39 is 0 Å². The summed E-state index contributed by atoms with van der Waals surface area (Å²) in [5.41, 5.74) is 0. The molecule has 1 aliphatic rings. The first kappa shape index (κ1) is 7.84. The average Bonchev–Trinajstić information content (AvgIpc) is 1.88. The molecule has 0 bridgehead atoms. The van der Waals surface area contributed by atoms with Crippen molar-refractivity contribution in [1.29, 1.82) is 0 Å². The fourth-order valence-corrected chi connectivity index (χ4v) is 1.87. The fourth-order valence-electron chi connectivity index (χ4n) is 1.87. The van der Waals surface area contributed by atoms with Gasteiger partial charge in [0, 0.05) is 0 Å². The molecule has 0 fully saturated rings. The van der Waals surface area contributed by atoms with E-state index in [1.807, 2.05) is 0 Å². The highest BCUT2D eigenvalue weighted by Crippen LogP contribution is 2.29. The third-order valence-corrected chi connectivity index (χ3v) is 2.57. The minimum Gasteiger partial charge on any atom is -0.0882 e. The molecule has 0 aromatic heterocycles. The second kappa shape index (κ2) is 3.23. The Labute approximate surface area is 64.3 Å². The number of hydrogen-bond donors (Lipinski definition) is 0. The van der Waals surface area contributed by atoms with Crippen LogP contribution >= 0.6 is 0 Å². The van der Waals surface area contributed by atoms with Crippen LogP contribution in [0.15, 0.2) is 12.2 Å². The Morgan fingerprint density at radius 2 is 2.10 bits per heavy atom. The number of allylic oxidation sites excluding steroid dienone is 2. The number of rotatable bonds is 1. The van der Waals surface area contributed by atoms with Gasteiger partial charge >= 0.3 is 0 Å². The van der Waals surface area contributed by atoms with Gasteiger partial charge in [-0.05, 0) is 30.6 Å². The standard InChI is InChI=1S/C10H18/c1-8(2)10-7-5-4-6-9(10)3/h5,7-10H,4,6H2,1-3H3/t9-,10-/m0/s1. The predicted molar refractivity (Wildman–Crippen MR) is 45.9 cm³/mol. The first-order valence-corrected chi connectivity index (χ1v) is 4.38. The Balaban J connectivity index is 2.55. The molecule has 1 rings (SSSR count). The molecular weight excluding hydrogens is 120 g/mol. The average molecular weight is 138 g/mol. The smallest absolute Gasteiger partial charge is 0.0185 e. The molecule has 0 saturated carbocycles. The Kier molecular flexibility index (Phi) is 2.53. The van der Waals surface area contributed by atoms with Gasteiger partial charge in [0.15, 0.2) is 0 Å². The molecule has 0 heteroatoms. The van der Waals surface area contributed by atoms with E-state index in [-0.39, 0.29) is 0 Å². The summed E-state index contributed by atoms with van der Waals surface area (Å²) in [5.74, 6) is 2.57. The van der Waals surface area contributed by atoms with Crippen molar-refractivity contribution in [3.8, 4) is 0 Å². The SMILES string of the molecule is CC(C)[C@@H]1C=CCC[C@@H]1C. The van der Waals surface area contributed by atoms with Crippen molar-refractivity contribution in [3.63, 3.8) is 0 Å². The first-order valence-electron chi connectivity index (χ1n) is 4.38. The molecule has 0 radical (unpaired) electrons. The van der Waals surface area contributed by atoms with Crippen molar-refractivity contribution < 1.29 is 0 Å². The maximum atomic E-state index is 2.40. The maximum Gasteiger partial charge on any atom is -0.0185 e. The molecule has 1 aliphatic carbocycles. The highest BCUT2D eigenvalue weighted by molar-refractivity contribution is 4.96. The summed E-state index contributed by atoms with van der Waals surface area (Å²) in [6.07, 6.45) is 7.42. The Morgan fingerprint density at radius 1 is 1.40 bits per heavy atom. The first-order chi connectivity index (χ1) is 4.72. The second-order valence-corrected chi connectivity index (χ2v) is 3.80. The zero-order valence-electron chi connectivity index (χ0n) is 7.30. The summed E-state index contributed by atoms with van der Waals surface area (Å²) in [6.45, 7) is 7.00. The van der Waals surface area contributed by atoms with Crippen molar-refractivity contribution in [3.05, 3.63) is 12.2 Å². The summed E-state index contributed by atoms with van der Waals surface area (Å²) >= 11 is 0.